The number of benzene rings is 1. The number of H-pyrrole nitrogens is 1. The molecule has 0 fully saturated rings. The van der Waals surface area contributed by atoms with Crippen molar-refractivity contribution in [2.45, 2.75) is 6.54 Å². The molecular formula is C13H17N3O3. The number of carbonyl (C=O) groups is 1. The van der Waals surface area contributed by atoms with Gasteiger partial charge in [0.2, 0.25) is 0 Å². The number of nitrogens with zero attached hydrogens (tertiary/aromatic N) is 1. The van der Waals surface area contributed by atoms with Gasteiger partial charge in [0.1, 0.15) is 0 Å². The van der Waals surface area contributed by atoms with Crippen LogP contribution in [0.15, 0.2) is 52.2 Å². The summed E-state index contributed by atoms with van der Waals surface area (Å²) >= 11 is 0. The lowest BCUT2D eigenvalue weighted by Gasteiger charge is -2.06. The predicted molar refractivity (Wildman–Crippen MR) is 74.3 cm³/mol. The molecule has 1 aromatic heterocycles. The summed E-state index contributed by atoms with van der Waals surface area (Å²) in [5.41, 5.74) is -0.354. The van der Waals surface area contributed by atoms with Crippen molar-refractivity contribution in [3.63, 3.8) is 0 Å². The van der Waals surface area contributed by atoms with Gasteiger partial charge in [-0.3, -0.25) is 19.1 Å². The number of amides is 1. The van der Waals surface area contributed by atoms with Crippen LogP contribution in [0, 0.1) is 0 Å². The fraction of sp³-hybridized carbons (Fsp3) is 0.154. The van der Waals surface area contributed by atoms with Crippen molar-refractivity contribution < 1.29 is 7.65 Å². The van der Waals surface area contributed by atoms with Gasteiger partial charge in [-0.15, -0.1) is 0 Å². The average Bonchev–Trinajstić information content (AvgIpc) is 2.42. The zero-order valence-corrected chi connectivity index (χ0v) is 10.1. The molecule has 6 nitrogen and oxygen atoms in total. The van der Waals surface area contributed by atoms with Crippen LogP contribution >= 0.6 is 0 Å². The van der Waals surface area contributed by atoms with Gasteiger partial charge in [0.25, 0.3) is 11.5 Å². The molecule has 2 rings (SSSR count). The van der Waals surface area contributed by atoms with E-state index in [1.165, 1.54) is 16.8 Å². The summed E-state index contributed by atoms with van der Waals surface area (Å²) in [7, 11) is 0. The average molecular weight is 263 g/mol. The van der Waals surface area contributed by atoms with Crippen LogP contribution < -0.4 is 16.6 Å². The number of carbonyl (C=O) groups excluding carboxylic acids is 1. The van der Waals surface area contributed by atoms with E-state index < -0.39 is 11.2 Å². The smallest absolute Gasteiger partial charge is 0.328 e. The molecule has 0 aliphatic rings. The van der Waals surface area contributed by atoms with Crippen LogP contribution in [0.5, 0.6) is 0 Å². The third kappa shape index (κ3) is 3.41. The van der Waals surface area contributed by atoms with Gasteiger partial charge < -0.3 is 5.32 Å². The van der Waals surface area contributed by atoms with Crippen molar-refractivity contribution >= 4 is 5.91 Å². The predicted octanol–water partition coefficient (Wildman–Crippen LogP) is 0.459. The summed E-state index contributed by atoms with van der Waals surface area (Å²) in [5.74, 6) is -0.196. The highest BCUT2D eigenvalue weighted by Crippen LogP contribution is 1.97. The molecule has 2 aromatic rings. The highest BCUT2D eigenvalue weighted by atomic mass is 16.2. The molecule has 0 unspecified atom stereocenters. The Kier molecular flexibility index (Phi) is 3.92. The van der Waals surface area contributed by atoms with Crippen LogP contribution in [0.3, 0.4) is 0 Å². The van der Waals surface area contributed by atoms with Crippen molar-refractivity contribution in [2.24, 2.45) is 0 Å². The molecular weight excluding hydrogens is 246 g/mol. The number of hydrogen-bond acceptors (Lipinski definition) is 3. The van der Waals surface area contributed by atoms with Gasteiger partial charge in [-0.05, 0) is 12.1 Å². The molecule has 19 heavy (non-hydrogen) atoms. The van der Waals surface area contributed by atoms with E-state index in [0.717, 1.165) is 0 Å². The molecule has 0 saturated heterocycles. The maximum Gasteiger partial charge on any atom is 0.328 e. The highest BCUT2D eigenvalue weighted by molar-refractivity contribution is 5.94. The summed E-state index contributed by atoms with van der Waals surface area (Å²) in [6, 6.07) is 10.1. The van der Waals surface area contributed by atoms with Crippen LogP contribution in [0.25, 0.3) is 0 Å². The quantitative estimate of drug-likeness (QED) is 0.840. The molecule has 1 heterocycles. The van der Waals surface area contributed by atoms with Gasteiger partial charge in [-0.25, -0.2) is 4.79 Å². The molecule has 0 saturated carbocycles. The first kappa shape index (κ1) is 12.8. The number of nitrogens with one attached hydrogen (secondary N) is 2. The minimum atomic E-state index is -0.485. The topological polar surface area (TPSA) is 84.0 Å². The van der Waals surface area contributed by atoms with E-state index in [1.54, 1.807) is 24.3 Å². The van der Waals surface area contributed by atoms with Gasteiger partial charge in [0.15, 0.2) is 0 Å². The lowest BCUT2D eigenvalue weighted by atomic mass is 10.2. The van der Waals surface area contributed by atoms with E-state index in [1.807, 2.05) is 6.07 Å². The zero-order chi connectivity index (χ0) is 13.7. The second kappa shape index (κ2) is 5.81. The Morgan fingerprint density at radius 2 is 1.95 bits per heavy atom. The Labute approximate surface area is 111 Å². The van der Waals surface area contributed by atoms with Crippen molar-refractivity contribution in [3.8, 4) is 0 Å². The third-order valence-corrected chi connectivity index (χ3v) is 2.57. The molecule has 0 radical (unpaired) electrons. The third-order valence-electron chi connectivity index (χ3n) is 2.57. The van der Waals surface area contributed by atoms with Gasteiger partial charge in [-0.1, -0.05) is 18.2 Å². The van der Waals surface area contributed by atoms with E-state index in [4.69, 9.17) is 0 Å². The molecule has 0 bridgehead atoms. The van der Waals surface area contributed by atoms with E-state index in [0.29, 0.717) is 18.7 Å². The second-order valence-corrected chi connectivity index (χ2v) is 3.93. The summed E-state index contributed by atoms with van der Waals surface area (Å²) in [6.07, 6.45) is 1.40. The summed E-state index contributed by atoms with van der Waals surface area (Å²) < 4.78 is 1.33. The van der Waals surface area contributed by atoms with Crippen LogP contribution in [-0.4, -0.2) is 22.0 Å². The van der Waals surface area contributed by atoms with Crippen LogP contribution in [0.4, 0.5) is 0 Å². The summed E-state index contributed by atoms with van der Waals surface area (Å²) in [6.45, 7) is 0.605. The first-order valence-electron chi connectivity index (χ1n) is 5.80. The van der Waals surface area contributed by atoms with E-state index in [-0.39, 0.29) is 8.76 Å². The number of aromatic amines is 1. The fourth-order valence-corrected chi connectivity index (χ4v) is 1.60. The SMILES string of the molecule is O=C(NCCn1ccc(=O)[nH]c1=O)c1ccccc1.[HH].[HH]. The summed E-state index contributed by atoms with van der Waals surface area (Å²) in [4.78, 5) is 36.1. The largest absolute Gasteiger partial charge is 0.350 e. The highest BCUT2D eigenvalue weighted by Gasteiger charge is 2.03. The molecule has 0 aliphatic heterocycles. The Hall–Kier alpha value is -2.63. The van der Waals surface area contributed by atoms with Crippen molar-refractivity contribution in [1.82, 2.24) is 14.9 Å². The number of rotatable bonds is 4. The molecule has 0 aliphatic carbocycles. The molecule has 1 aromatic carbocycles. The van der Waals surface area contributed by atoms with Crippen LogP contribution in [0.1, 0.15) is 13.2 Å². The normalized spacial score (nSPS) is 10.1. The molecule has 6 heteroatoms. The zero-order valence-electron chi connectivity index (χ0n) is 10.1. The van der Waals surface area contributed by atoms with Gasteiger partial charge in [0, 0.05) is 33.8 Å². The Morgan fingerprint density at radius 1 is 1.21 bits per heavy atom. The van der Waals surface area contributed by atoms with Gasteiger partial charge >= 0.3 is 5.69 Å². The minimum Gasteiger partial charge on any atom is -0.350 e. The summed E-state index contributed by atoms with van der Waals surface area (Å²) in [5, 5.41) is 2.70. The van der Waals surface area contributed by atoms with E-state index in [2.05, 4.69) is 10.3 Å². The van der Waals surface area contributed by atoms with Gasteiger partial charge in [0.05, 0.1) is 0 Å². The maximum atomic E-state index is 11.7. The Morgan fingerprint density at radius 3 is 2.63 bits per heavy atom. The van der Waals surface area contributed by atoms with Crippen molar-refractivity contribution in [3.05, 3.63) is 69.0 Å². The minimum absolute atomic E-state index is 0. The lowest BCUT2D eigenvalue weighted by Crippen LogP contribution is -2.33. The van der Waals surface area contributed by atoms with Crippen LogP contribution in [0.2, 0.25) is 0 Å². The molecule has 1 amide bonds. The van der Waals surface area contributed by atoms with Crippen LogP contribution in [-0.2, 0) is 6.54 Å². The first-order chi connectivity index (χ1) is 9.16. The van der Waals surface area contributed by atoms with E-state index in [9.17, 15) is 14.4 Å². The van der Waals surface area contributed by atoms with Crippen molar-refractivity contribution in [1.29, 1.82) is 0 Å². The number of aromatic nitrogens is 2. The molecule has 102 valence electrons. The standard InChI is InChI=1S/C13H13N3O3.2H2/c17-11-6-8-16(13(19)15-11)9-7-14-12(18)10-4-2-1-3-5-10;;/h1-6,8H,7,9H2,(H,14,18)(H,15,17,19);2*1H. The fourth-order valence-electron chi connectivity index (χ4n) is 1.60. The van der Waals surface area contributed by atoms with E-state index >= 15 is 0 Å². The lowest BCUT2D eigenvalue weighted by molar-refractivity contribution is 0.0952. The maximum absolute atomic E-state index is 11.7. The molecule has 0 atom stereocenters. The van der Waals surface area contributed by atoms with Gasteiger partial charge in [-0.2, -0.15) is 0 Å². The molecule has 2 N–H and O–H groups in total. The monoisotopic (exact) mass is 263 g/mol. The second-order valence-electron chi connectivity index (χ2n) is 3.93. The Bertz CT molecular complexity index is 683. The number of hydrogen-bond donors (Lipinski definition) is 2. The first-order valence-corrected chi connectivity index (χ1v) is 5.80. The molecule has 0 spiro atoms. The Balaban J connectivity index is 0.00000200. The van der Waals surface area contributed by atoms with Crippen molar-refractivity contribution in [2.75, 3.05) is 6.54 Å².